The number of halogens is 3. The molecule has 0 fully saturated rings. The maximum Gasteiger partial charge on any atom is 0.115 e. The first-order chi connectivity index (χ1) is 9.70. The second-order valence-electron chi connectivity index (χ2n) is 4.26. The maximum atomic E-state index is 6.12. The van der Waals surface area contributed by atoms with Crippen LogP contribution in [0, 0.1) is 0 Å². The summed E-state index contributed by atoms with van der Waals surface area (Å²) in [5.41, 5.74) is 2.79. The van der Waals surface area contributed by atoms with E-state index in [4.69, 9.17) is 23.2 Å². The molecular formula is C14H10BrCl2N3. The Balaban J connectivity index is 2.33. The molecule has 0 radical (unpaired) electrons. The molecule has 6 heteroatoms. The van der Waals surface area contributed by atoms with Gasteiger partial charge in [0.05, 0.1) is 17.4 Å². The Kier molecular flexibility index (Phi) is 3.96. The number of hydrogen-bond donors (Lipinski definition) is 0. The van der Waals surface area contributed by atoms with E-state index in [1.807, 2.05) is 24.3 Å². The summed E-state index contributed by atoms with van der Waals surface area (Å²) in [5, 5.41) is 0.677. The number of aryl methyl sites for hydroxylation is 1. The van der Waals surface area contributed by atoms with Gasteiger partial charge in [-0.3, -0.25) is 9.55 Å². The predicted molar refractivity (Wildman–Crippen MR) is 86.0 cm³/mol. The molecule has 2 aromatic heterocycles. The van der Waals surface area contributed by atoms with Crippen molar-refractivity contribution in [3.63, 3.8) is 0 Å². The number of hydrogen-bond acceptors (Lipinski definition) is 2. The molecule has 0 unspecified atom stereocenters. The van der Waals surface area contributed by atoms with Crippen LogP contribution < -0.4 is 0 Å². The van der Waals surface area contributed by atoms with Crippen LogP contribution in [0.25, 0.3) is 16.7 Å². The lowest BCUT2D eigenvalue weighted by Crippen LogP contribution is -2.03. The molecule has 0 bridgehead atoms. The van der Waals surface area contributed by atoms with Crippen LogP contribution in [0.5, 0.6) is 0 Å². The van der Waals surface area contributed by atoms with Crippen LogP contribution in [0.2, 0.25) is 5.02 Å². The molecule has 20 heavy (non-hydrogen) atoms. The fraction of sp³-hybridized carbons (Fsp3) is 0.143. The van der Waals surface area contributed by atoms with Gasteiger partial charge in [0.2, 0.25) is 0 Å². The van der Waals surface area contributed by atoms with Crippen LogP contribution in [0.15, 0.2) is 41.1 Å². The number of pyridine rings is 1. The highest BCUT2D eigenvalue weighted by Gasteiger charge is 2.14. The average Bonchev–Trinajstić information content (AvgIpc) is 2.80. The fourth-order valence-corrected chi connectivity index (χ4v) is 2.92. The summed E-state index contributed by atoms with van der Waals surface area (Å²) in [6.45, 7) is 0. The normalized spacial score (nSPS) is 11.2. The van der Waals surface area contributed by atoms with Gasteiger partial charge >= 0.3 is 0 Å². The van der Waals surface area contributed by atoms with Gasteiger partial charge in [-0.15, -0.1) is 11.6 Å². The van der Waals surface area contributed by atoms with Gasteiger partial charge in [0.25, 0.3) is 0 Å². The lowest BCUT2D eigenvalue weighted by Gasteiger charge is -2.11. The fourth-order valence-electron chi connectivity index (χ4n) is 2.16. The van der Waals surface area contributed by atoms with Crippen molar-refractivity contribution in [1.29, 1.82) is 0 Å². The molecule has 0 saturated carbocycles. The first-order valence-corrected chi connectivity index (χ1v) is 7.74. The van der Waals surface area contributed by atoms with Gasteiger partial charge in [-0.1, -0.05) is 11.6 Å². The molecule has 3 rings (SSSR count). The minimum Gasteiger partial charge on any atom is -0.295 e. The van der Waals surface area contributed by atoms with Gasteiger partial charge in [0.15, 0.2) is 0 Å². The predicted octanol–water partition coefficient (Wildman–Crippen LogP) is 4.62. The van der Waals surface area contributed by atoms with Gasteiger partial charge in [-0.05, 0) is 40.2 Å². The van der Waals surface area contributed by atoms with Crippen molar-refractivity contribution in [3.05, 3.63) is 52.0 Å². The largest absolute Gasteiger partial charge is 0.295 e. The quantitative estimate of drug-likeness (QED) is 0.630. The Morgan fingerprint density at radius 2 is 2.10 bits per heavy atom. The van der Waals surface area contributed by atoms with Crippen molar-refractivity contribution < 1.29 is 0 Å². The van der Waals surface area contributed by atoms with Crippen LogP contribution in [-0.2, 0) is 6.42 Å². The van der Waals surface area contributed by atoms with Crippen LogP contribution >= 0.6 is 39.1 Å². The van der Waals surface area contributed by atoms with Crippen molar-refractivity contribution in [2.45, 2.75) is 6.42 Å². The molecular weight excluding hydrogens is 361 g/mol. The Morgan fingerprint density at radius 3 is 2.90 bits per heavy atom. The molecule has 102 valence electrons. The molecule has 0 saturated heterocycles. The van der Waals surface area contributed by atoms with Crippen molar-refractivity contribution >= 4 is 50.2 Å². The first-order valence-electron chi connectivity index (χ1n) is 6.03. The summed E-state index contributed by atoms with van der Waals surface area (Å²) < 4.78 is 3.02. The molecule has 0 aliphatic rings. The van der Waals surface area contributed by atoms with E-state index >= 15 is 0 Å². The minimum atomic E-state index is 0.509. The third-order valence-corrected chi connectivity index (χ3v) is 4.09. The number of imidazole rings is 1. The van der Waals surface area contributed by atoms with Gasteiger partial charge in [-0.2, -0.15) is 0 Å². The highest BCUT2D eigenvalue weighted by molar-refractivity contribution is 9.10. The molecule has 3 aromatic rings. The SMILES string of the molecule is ClCCc1nc2cnccc2n1-c1cc(Cl)ccc1Br. The van der Waals surface area contributed by atoms with Gasteiger partial charge in [-0.25, -0.2) is 4.98 Å². The maximum absolute atomic E-state index is 6.12. The van der Waals surface area contributed by atoms with Crippen molar-refractivity contribution in [2.75, 3.05) is 5.88 Å². The van der Waals surface area contributed by atoms with Crippen molar-refractivity contribution in [1.82, 2.24) is 14.5 Å². The number of aromatic nitrogens is 3. The topological polar surface area (TPSA) is 30.7 Å². The Labute approximate surface area is 134 Å². The summed E-state index contributed by atoms with van der Waals surface area (Å²) >= 11 is 15.6. The Morgan fingerprint density at radius 1 is 1.25 bits per heavy atom. The lowest BCUT2D eigenvalue weighted by atomic mass is 10.3. The van der Waals surface area contributed by atoms with E-state index < -0.39 is 0 Å². The van der Waals surface area contributed by atoms with E-state index in [0.717, 1.165) is 27.0 Å². The van der Waals surface area contributed by atoms with Crippen LogP contribution in [-0.4, -0.2) is 20.4 Å². The number of benzene rings is 1. The van der Waals surface area contributed by atoms with Gasteiger partial charge in [0.1, 0.15) is 11.3 Å². The Bertz CT molecular complexity index is 770. The molecule has 0 N–H and O–H groups in total. The third-order valence-electron chi connectivity index (χ3n) is 2.99. The summed E-state index contributed by atoms with van der Waals surface area (Å²) in [6.07, 6.45) is 4.18. The van der Waals surface area contributed by atoms with Gasteiger partial charge in [0, 0.05) is 28.0 Å². The van der Waals surface area contributed by atoms with E-state index in [1.165, 1.54) is 0 Å². The van der Waals surface area contributed by atoms with E-state index in [9.17, 15) is 0 Å². The highest BCUT2D eigenvalue weighted by Crippen LogP contribution is 2.29. The minimum absolute atomic E-state index is 0.509. The van der Waals surface area contributed by atoms with Crippen molar-refractivity contribution in [3.8, 4) is 5.69 Å². The molecule has 0 aliphatic carbocycles. The van der Waals surface area contributed by atoms with Gasteiger partial charge < -0.3 is 0 Å². The molecule has 0 spiro atoms. The number of fused-ring (bicyclic) bond motifs is 1. The molecule has 1 aromatic carbocycles. The second kappa shape index (κ2) is 5.72. The molecule has 3 nitrogen and oxygen atoms in total. The second-order valence-corrected chi connectivity index (χ2v) is 5.93. The molecule has 0 atom stereocenters. The standard InChI is InChI=1S/C14H10BrCl2N3/c15-10-2-1-9(17)7-13(10)20-12-4-6-18-8-11(12)19-14(20)3-5-16/h1-2,4,6-8H,3,5H2. The van der Waals surface area contributed by atoms with Crippen LogP contribution in [0.3, 0.4) is 0 Å². The lowest BCUT2D eigenvalue weighted by molar-refractivity contribution is 0.909. The first kappa shape index (κ1) is 13.9. The summed E-state index contributed by atoms with van der Waals surface area (Å²) in [5.74, 6) is 1.40. The van der Waals surface area contributed by atoms with Crippen LogP contribution in [0.1, 0.15) is 5.82 Å². The zero-order valence-electron chi connectivity index (χ0n) is 10.4. The summed E-state index contributed by atoms with van der Waals surface area (Å²) in [7, 11) is 0. The molecule has 0 aliphatic heterocycles. The highest BCUT2D eigenvalue weighted by atomic mass is 79.9. The van der Waals surface area contributed by atoms with E-state index in [-0.39, 0.29) is 0 Å². The molecule has 2 heterocycles. The number of rotatable bonds is 3. The zero-order chi connectivity index (χ0) is 14.1. The number of alkyl halides is 1. The molecule has 0 amide bonds. The van der Waals surface area contributed by atoms with Crippen molar-refractivity contribution in [2.24, 2.45) is 0 Å². The van der Waals surface area contributed by atoms with Crippen LogP contribution in [0.4, 0.5) is 0 Å². The monoisotopic (exact) mass is 369 g/mol. The average molecular weight is 371 g/mol. The summed E-state index contributed by atoms with van der Waals surface area (Å²) in [4.78, 5) is 8.72. The van der Waals surface area contributed by atoms with E-state index in [0.29, 0.717) is 17.3 Å². The third kappa shape index (κ3) is 2.43. The zero-order valence-corrected chi connectivity index (χ0v) is 13.5. The smallest absolute Gasteiger partial charge is 0.115 e. The number of nitrogens with zero attached hydrogens (tertiary/aromatic N) is 3. The Hall–Kier alpha value is -1.10. The van der Waals surface area contributed by atoms with E-state index in [2.05, 4.69) is 30.5 Å². The van der Waals surface area contributed by atoms with E-state index in [1.54, 1.807) is 12.4 Å². The summed E-state index contributed by atoms with van der Waals surface area (Å²) in [6, 6.07) is 7.62.